The highest BCUT2D eigenvalue weighted by molar-refractivity contribution is 5.80. The normalized spacial score (nSPS) is 10.5. The maximum absolute atomic E-state index is 11.1. The highest BCUT2D eigenvalue weighted by atomic mass is 16.5. The van der Waals surface area contributed by atoms with Crippen LogP contribution in [-0.2, 0) is 0 Å². The van der Waals surface area contributed by atoms with Crippen molar-refractivity contribution in [3.05, 3.63) is 28.7 Å². The van der Waals surface area contributed by atoms with E-state index < -0.39 is 0 Å². The summed E-state index contributed by atoms with van der Waals surface area (Å²) in [7, 11) is 0. The minimum atomic E-state index is -0.223. The van der Waals surface area contributed by atoms with Crippen molar-refractivity contribution in [2.75, 3.05) is 13.2 Å². The molecule has 0 bridgehead atoms. The Balaban J connectivity index is 2.16. The van der Waals surface area contributed by atoms with E-state index >= 15 is 0 Å². The molecule has 0 unspecified atom stereocenters. The van der Waals surface area contributed by atoms with Gasteiger partial charge in [-0.05, 0) is 18.9 Å². The number of nitrogens with zero attached hydrogens (tertiary/aromatic N) is 1. The molecule has 1 aromatic carbocycles. The van der Waals surface area contributed by atoms with Crippen molar-refractivity contribution in [3.63, 3.8) is 0 Å². The fraction of sp³-hybridized carbons (Fsp3) is 0.273. The predicted molar refractivity (Wildman–Crippen MR) is 63.4 cm³/mol. The van der Waals surface area contributed by atoms with Crippen molar-refractivity contribution in [2.24, 2.45) is 4.99 Å². The van der Waals surface area contributed by atoms with Gasteiger partial charge < -0.3 is 19.7 Å². The Bertz CT molecular complexity index is 541. The third-order valence-corrected chi connectivity index (χ3v) is 2.23. The number of aromatic amines is 2. The fourth-order valence-corrected chi connectivity index (χ4v) is 1.51. The summed E-state index contributed by atoms with van der Waals surface area (Å²) in [5.41, 5.74) is 1.24. The molecule has 5 nitrogen and oxygen atoms in total. The summed E-state index contributed by atoms with van der Waals surface area (Å²) < 4.78 is 5.56. The van der Waals surface area contributed by atoms with Crippen molar-refractivity contribution in [1.82, 2.24) is 9.97 Å². The summed E-state index contributed by atoms with van der Waals surface area (Å²) in [6, 6.07) is 5.49. The summed E-state index contributed by atoms with van der Waals surface area (Å²) in [5.74, 6) is 0.680. The van der Waals surface area contributed by atoms with Crippen LogP contribution in [0.3, 0.4) is 0 Å². The fourth-order valence-electron chi connectivity index (χ4n) is 1.51. The summed E-state index contributed by atoms with van der Waals surface area (Å²) in [6.07, 6.45) is 0.814. The van der Waals surface area contributed by atoms with Crippen molar-refractivity contribution >= 4 is 17.8 Å². The third-order valence-electron chi connectivity index (χ3n) is 2.23. The van der Waals surface area contributed by atoms with Crippen LogP contribution in [0.4, 0.5) is 0 Å². The summed E-state index contributed by atoms with van der Waals surface area (Å²) in [5, 5.41) is 0. The number of aromatic nitrogens is 2. The lowest BCUT2D eigenvalue weighted by molar-refractivity contribution is 0.317. The number of nitrogens with one attached hydrogen (secondary N) is 2. The number of benzene rings is 1. The molecule has 0 saturated carbocycles. The van der Waals surface area contributed by atoms with E-state index in [0.29, 0.717) is 24.4 Å². The molecule has 0 fully saturated rings. The maximum atomic E-state index is 11.1. The van der Waals surface area contributed by atoms with E-state index in [1.54, 1.807) is 0 Å². The first-order chi connectivity index (χ1) is 7.81. The Labute approximate surface area is 92.2 Å². The number of hydrogen-bond acceptors (Lipinski definition) is 3. The average molecular weight is 219 g/mol. The Morgan fingerprint density at radius 3 is 3.06 bits per heavy atom. The zero-order chi connectivity index (χ0) is 11.4. The van der Waals surface area contributed by atoms with E-state index in [9.17, 15) is 4.79 Å². The number of hydrogen-bond donors (Lipinski definition) is 2. The Morgan fingerprint density at radius 1 is 1.38 bits per heavy atom. The van der Waals surface area contributed by atoms with E-state index in [1.165, 1.54) is 0 Å². The number of H-pyrrole nitrogens is 2. The first-order valence-corrected chi connectivity index (χ1v) is 5.07. The number of ether oxygens (including phenoxy) is 1. The van der Waals surface area contributed by atoms with Crippen molar-refractivity contribution in [3.8, 4) is 5.75 Å². The molecule has 0 atom stereocenters. The lowest BCUT2D eigenvalue weighted by Gasteiger charge is -2.05. The molecule has 1 aromatic heterocycles. The molecule has 0 spiro atoms. The largest absolute Gasteiger partial charge is 0.491 e. The van der Waals surface area contributed by atoms with Gasteiger partial charge in [-0.15, -0.1) is 0 Å². The van der Waals surface area contributed by atoms with Gasteiger partial charge in [0.05, 0.1) is 12.1 Å². The van der Waals surface area contributed by atoms with Crippen LogP contribution in [0.15, 0.2) is 28.0 Å². The van der Waals surface area contributed by atoms with Gasteiger partial charge in [0.2, 0.25) is 0 Å². The second-order valence-corrected chi connectivity index (χ2v) is 3.41. The smallest absolute Gasteiger partial charge is 0.323 e. The highest BCUT2D eigenvalue weighted by Gasteiger charge is 2.04. The first-order valence-electron chi connectivity index (χ1n) is 5.07. The Morgan fingerprint density at radius 2 is 2.25 bits per heavy atom. The second kappa shape index (κ2) is 4.65. The Kier molecular flexibility index (Phi) is 3.05. The zero-order valence-electron chi connectivity index (χ0n) is 8.82. The van der Waals surface area contributed by atoms with Gasteiger partial charge in [0.1, 0.15) is 11.3 Å². The number of imidazole rings is 1. The SMILES string of the molecule is C=NCCCOc1cccc2[nH]c(=O)[nH]c12. The zero-order valence-corrected chi connectivity index (χ0v) is 8.82. The van der Waals surface area contributed by atoms with Gasteiger partial charge in [-0.25, -0.2) is 4.79 Å². The number of aliphatic imine (C=N–C) groups is 1. The first kappa shape index (κ1) is 10.5. The van der Waals surface area contributed by atoms with Crippen LogP contribution in [0, 0.1) is 0 Å². The molecule has 0 aliphatic heterocycles. The second-order valence-electron chi connectivity index (χ2n) is 3.41. The van der Waals surface area contributed by atoms with Crippen LogP contribution in [0.1, 0.15) is 6.42 Å². The summed E-state index contributed by atoms with van der Waals surface area (Å²) in [4.78, 5) is 20.2. The molecule has 5 heteroatoms. The van der Waals surface area contributed by atoms with Gasteiger partial charge in [0.25, 0.3) is 0 Å². The van der Waals surface area contributed by atoms with Crippen molar-refractivity contribution < 1.29 is 4.74 Å². The number of para-hydroxylation sites is 1. The topological polar surface area (TPSA) is 70.2 Å². The standard InChI is InChI=1S/C11H13N3O2/c1-12-6-3-7-16-9-5-2-4-8-10(9)14-11(15)13-8/h2,4-5H,1,3,6-7H2,(H2,13,14,15). The van der Waals surface area contributed by atoms with Crippen LogP contribution in [-0.4, -0.2) is 29.8 Å². The lowest BCUT2D eigenvalue weighted by Crippen LogP contribution is -2.01. The van der Waals surface area contributed by atoms with Gasteiger partial charge in [0.15, 0.2) is 0 Å². The van der Waals surface area contributed by atoms with Crippen LogP contribution in [0.5, 0.6) is 5.75 Å². The number of rotatable bonds is 5. The molecule has 2 aromatic rings. The minimum absolute atomic E-state index is 0.223. The Hall–Kier alpha value is -2.04. The van der Waals surface area contributed by atoms with Crippen LogP contribution in [0.2, 0.25) is 0 Å². The van der Waals surface area contributed by atoms with Crippen molar-refractivity contribution in [2.45, 2.75) is 6.42 Å². The van der Waals surface area contributed by atoms with E-state index in [4.69, 9.17) is 4.74 Å². The van der Waals surface area contributed by atoms with Gasteiger partial charge in [0, 0.05) is 13.0 Å². The molecule has 84 valence electrons. The van der Waals surface area contributed by atoms with Crippen LogP contribution in [0.25, 0.3) is 11.0 Å². The molecule has 1 heterocycles. The summed E-state index contributed by atoms with van der Waals surface area (Å²) in [6.45, 7) is 4.64. The molecule has 16 heavy (non-hydrogen) atoms. The van der Waals surface area contributed by atoms with E-state index in [2.05, 4.69) is 21.7 Å². The quantitative estimate of drug-likeness (QED) is 0.588. The third kappa shape index (κ3) is 2.13. The van der Waals surface area contributed by atoms with E-state index in [1.807, 2.05) is 18.2 Å². The molecule has 2 rings (SSSR count). The molecule has 0 radical (unpaired) electrons. The molecule has 0 aliphatic carbocycles. The van der Waals surface area contributed by atoms with Gasteiger partial charge >= 0.3 is 5.69 Å². The molecule has 0 amide bonds. The van der Waals surface area contributed by atoms with Crippen LogP contribution < -0.4 is 10.4 Å². The number of fused-ring (bicyclic) bond motifs is 1. The van der Waals surface area contributed by atoms with Crippen molar-refractivity contribution in [1.29, 1.82) is 0 Å². The molecule has 2 N–H and O–H groups in total. The average Bonchev–Trinajstić information content (AvgIpc) is 2.65. The van der Waals surface area contributed by atoms with E-state index in [0.717, 1.165) is 11.9 Å². The van der Waals surface area contributed by atoms with E-state index in [-0.39, 0.29) is 5.69 Å². The molecular formula is C11H13N3O2. The summed E-state index contributed by atoms with van der Waals surface area (Å²) >= 11 is 0. The van der Waals surface area contributed by atoms with Crippen LogP contribution >= 0.6 is 0 Å². The van der Waals surface area contributed by atoms with Gasteiger partial charge in [-0.1, -0.05) is 6.07 Å². The van der Waals surface area contributed by atoms with Gasteiger partial charge in [-0.2, -0.15) is 0 Å². The van der Waals surface area contributed by atoms with Gasteiger partial charge in [-0.3, -0.25) is 0 Å². The monoisotopic (exact) mass is 219 g/mol. The maximum Gasteiger partial charge on any atom is 0.323 e. The lowest BCUT2D eigenvalue weighted by atomic mass is 10.3. The predicted octanol–water partition coefficient (Wildman–Crippen LogP) is 1.33. The molecule has 0 saturated heterocycles. The molecule has 0 aliphatic rings. The highest BCUT2D eigenvalue weighted by Crippen LogP contribution is 2.20. The molecular weight excluding hydrogens is 206 g/mol. The minimum Gasteiger partial charge on any atom is -0.491 e.